The molecule has 0 atom stereocenters. The number of rotatable bonds is 6. The summed E-state index contributed by atoms with van der Waals surface area (Å²) in [6.45, 7) is 0.992. The molecule has 0 fully saturated rings. The average Bonchev–Trinajstić information content (AvgIpc) is 3.23. The van der Waals surface area contributed by atoms with Crippen molar-refractivity contribution in [1.82, 2.24) is 5.43 Å². The van der Waals surface area contributed by atoms with Gasteiger partial charge in [0.2, 0.25) is 5.91 Å². The highest BCUT2D eigenvalue weighted by Gasteiger charge is 2.13. The molecule has 2 heterocycles. The molecule has 9 heteroatoms. The normalized spacial score (nSPS) is 12.7. The van der Waals surface area contributed by atoms with Crippen LogP contribution in [0.2, 0.25) is 0 Å². The van der Waals surface area contributed by atoms with Crippen molar-refractivity contribution in [3.8, 4) is 22.8 Å². The average molecular weight is 407 g/mol. The summed E-state index contributed by atoms with van der Waals surface area (Å²) < 4.78 is 16.6. The number of carbonyl (C=O) groups is 1. The van der Waals surface area contributed by atoms with Crippen molar-refractivity contribution in [3.05, 3.63) is 76.0 Å². The Morgan fingerprint density at radius 3 is 2.77 bits per heavy atom. The highest BCUT2D eigenvalue weighted by Crippen LogP contribution is 2.30. The van der Waals surface area contributed by atoms with Crippen LogP contribution in [0.15, 0.2) is 64.1 Å². The van der Waals surface area contributed by atoms with E-state index in [2.05, 4.69) is 10.5 Å². The van der Waals surface area contributed by atoms with E-state index >= 15 is 0 Å². The van der Waals surface area contributed by atoms with Crippen molar-refractivity contribution in [2.75, 3.05) is 13.2 Å². The number of fused-ring (bicyclic) bond motifs is 1. The molecule has 0 radical (unpaired) electrons. The molecule has 0 aliphatic carbocycles. The maximum Gasteiger partial charge on any atom is 0.270 e. The SMILES string of the molecule is O=C(Cc1ccc2c(c1)OCCO2)N/N=C\c1ccc(-c2cccc([N+](=O)[O-])c2)o1. The molecule has 3 aromatic rings. The number of amides is 1. The van der Waals surface area contributed by atoms with Gasteiger partial charge >= 0.3 is 0 Å². The fraction of sp³-hybridized carbons (Fsp3) is 0.143. The molecule has 2 aromatic carbocycles. The first-order valence-electron chi connectivity index (χ1n) is 9.13. The maximum absolute atomic E-state index is 12.1. The van der Waals surface area contributed by atoms with Gasteiger partial charge in [0.05, 0.1) is 17.6 Å². The van der Waals surface area contributed by atoms with Crippen LogP contribution in [0.4, 0.5) is 5.69 Å². The molecule has 30 heavy (non-hydrogen) atoms. The summed E-state index contributed by atoms with van der Waals surface area (Å²) in [5.74, 6) is 1.85. The van der Waals surface area contributed by atoms with Gasteiger partial charge in [-0.3, -0.25) is 14.9 Å². The molecule has 152 valence electrons. The molecule has 4 rings (SSSR count). The Kier molecular flexibility index (Phi) is 5.42. The number of hydrogen-bond donors (Lipinski definition) is 1. The number of hydrazone groups is 1. The minimum Gasteiger partial charge on any atom is -0.486 e. The Labute approximate surface area is 171 Å². The van der Waals surface area contributed by atoms with Gasteiger partial charge in [-0.2, -0.15) is 5.10 Å². The predicted molar refractivity (Wildman–Crippen MR) is 108 cm³/mol. The predicted octanol–water partition coefficient (Wildman–Crippen LogP) is 3.32. The molecule has 0 saturated carbocycles. The maximum atomic E-state index is 12.1. The Morgan fingerprint density at radius 1 is 1.10 bits per heavy atom. The molecule has 1 amide bonds. The first-order valence-corrected chi connectivity index (χ1v) is 9.13. The largest absolute Gasteiger partial charge is 0.486 e. The molecule has 0 saturated heterocycles. The van der Waals surface area contributed by atoms with Crippen LogP contribution in [0.5, 0.6) is 11.5 Å². The van der Waals surface area contributed by atoms with Gasteiger partial charge in [-0.05, 0) is 29.8 Å². The second kappa shape index (κ2) is 8.48. The molecular weight excluding hydrogens is 390 g/mol. The Bertz CT molecular complexity index is 1120. The van der Waals surface area contributed by atoms with Gasteiger partial charge in [0.15, 0.2) is 11.5 Å². The van der Waals surface area contributed by atoms with E-state index in [0.29, 0.717) is 41.8 Å². The number of nitro benzene ring substituents is 1. The lowest BCUT2D eigenvalue weighted by Gasteiger charge is -2.18. The molecular formula is C21H17N3O6. The summed E-state index contributed by atoms with van der Waals surface area (Å²) >= 11 is 0. The van der Waals surface area contributed by atoms with Gasteiger partial charge in [0.1, 0.15) is 24.7 Å². The van der Waals surface area contributed by atoms with Crippen LogP contribution in [-0.4, -0.2) is 30.3 Å². The number of benzene rings is 2. The van der Waals surface area contributed by atoms with E-state index in [4.69, 9.17) is 13.9 Å². The van der Waals surface area contributed by atoms with E-state index < -0.39 is 4.92 Å². The number of non-ortho nitro benzene ring substituents is 1. The molecule has 1 aliphatic rings. The topological polar surface area (TPSA) is 116 Å². The van der Waals surface area contributed by atoms with E-state index in [1.165, 1.54) is 18.3 Å². The molecule has 0 unspecified atom stereocenters. The van der Waals surface area contributed by atoms with Gasteiger partial charge in [-0.15, -0.1) is 0 Å². The minimum absolute atomic E-state index is 0.0227. The molecule has 0 spiro atoms. The van der Waals surface area contributed by atoms with Crippen molar-refractivity contribution in [3.63, 3.8) is 0 Å². The van der Waals surface area contributed by atoms with Gasteiger partial charge in [0, 0.05) is 17.7 Å². The minimum atomic E-state index is -0.466. The van der Waals surface area contributed by atoms with Crippen LogP contribution < -0.4 is 14.9 Å². The van der Waals surface area contributed by atoms with Crippen molar-refractivity contribution in [1.29, 1.82) is 0 Å². The molecule has 9 nitrogen and oxygen atoms in total. The number of ether oxygens (including phenoxy) is 2. The van der Waals surface area contributed by atoms with E-state index in [0.717, 1.165) is 5.56 Å². The van der Waals surface area contributed by atoms with Crippen molar-refractivity contribution in [2.45, 2.75) is 6.42 Å². The zero-order chi connectivity index (χ0) is 20.9. The second-order valence-electron chi connectivity index (χ2n) is 6.46. The molecule has 0 bridgehead atoms. The number of nitro groups is 1. The zero-order valence-electron chi connectivity index (χ0n) is 15.7. The van der Waals surface area contributed by atoms with Crippen LogP contribution in [0, 0.1) is 10.1 Å². The highest BCUT2D eigenvalue weighted by atomic mass is 16.6. The van der Waals surface area contributed by atoms with Crippen LogP contribution in [0.25, 0.3) is 11.3 Å². The summed E-state index contributed by atoms with van der Waals surface area (Å²) in [7, 11) is 0. The van der Waals surface area contributed by atoms with Crippen LogP contribution in [-0.2, 0) is 11.2 Å². The number of nitrogens with zero attached hydrogens (tertiary/aromatic N) is 2. The van der Waals surface area contributed by atoms with Crippen LogP contribution in [0.3, 0.4) is 0 Å². The van der Waals surface area contributed by atoms with E-state index in [-0.39, 0.29) is 18.0 Å². The fourth-order valence-corrected chi connectivity index (χ4v) is 2.94. The number of furan rings is 1. The fourth-order valence-electron chi connectivity index (χ4n) is 2.94. The number of nitrogens with one attached hydrogen (secondary N) is 1. The van der Waals surface area contributed by atoms with Gasteiger partial charge in [-0.1, -0.05) is 18.2 Å². The third kappa shape index (κ3) is 4.46. The highest BCUT2D eigenvalue weighted by molar-refractivity contribution is 5.82. The van der Waals surface area contributed by atoms with E-state index in [1.807, 2.05) is 0 Å². The summed E-state index contributed by atoms with van der Waals surface area (Å²) in [4.78, 5) is 22.5. The molecule has 1 aliphatic heterocycles. The third-order valence-corrected chi connectivity index (χ3v) is 4.32. The Hall–Kier alpha value is -4.14. The third-order valence-electron chi connectivity index (χ3n) is 4.32. The van der Waals surface area contributed by atoms with Crippen molar-refractivity contribution < 1.29 is 23.6 Å². The summed E-state index contributed by atoms with van der Waals surface area (Å²) in [5.41, 5.74) is 3.77. The lowest BCUT2D eigenvalue weighted by molar-refractivity contribution is -0.384. The quantitative estimate of drug-likeness (QED) is 0.381. The summed E-state index contributed by atoms with van der Waals surface area (Å²) in [6, 6.07) is 14.8. The van der Waals surface area contributed by atoms with Gasteiger partial charge in [0.25, 0.3) is 5.69 Å². The zero-order valence-corrected chi connectivity index (χ0v) is 15.7. The first-order chi connectivity index (χ1) is 14.6. The Morgan fingerprint density at radius 2 is 1.93 bits per heavy atom. The smallest absolute Gasteiger partial charge is 0.270 e. The summed E-state index contributed by atoms with van der Waals surface area (Å²) in [6.07, 6.45) is 1.49. The van der Waals surface area contributed by atoms with Crippen molar-refractivity contribution >= 4 is 17.8 Å². The van der Waals surface area contributed by atoms with Crippen molar-refractivity contribution in [2.24, 2.45) is 5.10 Å². The standard InChI is InChI=1S/C21H17N3O6/c25-21(11-14-4-6-19-20(10-14)29-9-8-28-19)23-22-13-17-5-7-18(30-17)15-2-1-3-16(12-15)24(26)27/h1-7,10,12-13H,8-9,11H2,(H,23,25)/b22-13-. The first kappa shape index (κ1) is 19.2. The second-order valence-corrected chi connectivity index (χ2v) is 6.46. The molecule has 1 N–H and O–H groups in total. The number of hydrogen-bond acceptors (Lipinski definition) is 7. The monoisotopic (exact) mass is 407 g/mol. The van der Waals surface area contributed by atoms with E-state index in [1.54, 1.807) is 42.5 Å². The molecule has 1 aromatic heterocycles. The Balaban J connectivity index is 1.35. The summed E-state index contributed by atoms with van der Waals surface area (Å²) in [5, 5.41) is 14.8. The van der Waals surface area contributed by atoms with Crippen LogP contribution in [0.1, 0.15) is 11.3 Å². The van der Waals surface area contributed by atoms with Gasteiger partial charge in [-0.25, -0.2) is 5.43 Å². The van der Waals surface area contributed by atoms with Crippen LogP contribution >= 0.6 is 0 Å². The number of carbonyl (C=O) groups excluding carboxylic acids is 1. The lowest BCUT2D eigenvalue weighted by Crippen LogP contribution is -2.20. The van der Waals surface area contributed by atoms with Gasteiger partial charge < -0.3 is 13.9 Å². The lowest BCUT2D eigenvalue weighted by atomic mass is 10.1. The van der Waals surface area contributed by atoms with E-state index in [9.17, 15) is 14.9 Å².